The molecule has 7 nitrogen and oxygen atoms in total. The Morgan fingerprint density at radius 2 is 1.84 bits per heavy atom. The molecule has 166 valence electrons. The lowest BCUT2D eigenvalue weighted by Gasteiger charge is -2.37. The molecule has 2 aromatic rings. The summed E-state index contributed by atoms with van der Waals surface area (Å²) in [5.74, 6) is -0.330. The van der Waals surface area contributed by atoms with E-state index in [-0.39, 0.29) is 6.42 Å². The molecule has 2 N–H and O–H groups in total. The predicted octanol–water partition coefficient (Wildman–Crippen LogP) is 4.54. The predicted molar refractivity (Wildman–Crippen MR) is 114 cm³/mol. The highest BCUT2D eigenvalue weighted by Crippen LogP contribution is 2.40. The number of halogens is 1. The highest BCUT2D eigenvalue weighted by Gasteiger charge is 2.34. The average Bonchev–Trinajstić information content (AvgIpc) is 2.71. The minimum Gasteiger partial charge on any atom is -0.490 e. The molecule has 0 spiro atoms. The first kappa shape index (κ1) is 22.4. The van der Waals surface area contributed by atoms with Gasteiger partial charge in [0, 0.05) is 12.2 Å². The second-order valence-electron chi connectivity index (χ2n) is 7.31. The third-order valence-electron chi connectivity index (χ3n) is 5.21. The molecule has 0 bridgehead atoms. The van der Waals surface area contributed by atoms with Crippen LogP contribution in [0.4, 0.5) is 14.9 Å². The lowest BCUT2D eigenvalue weighted by atomic mass is 9.90. The number of ether oxygens (including phenoxy) is 2. The van der Waals surface area contributed by atoms with Gasteiger partial charge in [-0.1, -0.05) is 6.07 Å². The summed E-state index contributed by atoms with van der Waals surface area (Å²) in [6.07, 6.45) is 0.274. The Morgan fingerprint density at radius 3 is 2.45 bits per heavy atom. The zero-order valence-corrected chi connectivity index (χ0v) is 17.9. The number of carboxylic acids is 1. The van der Waals surface area contributed by atoms with Gasteiger partial charge in [-0.15, -0.1) is 0 Å². The number of fused-ring (bicyclic) bond motifs is 1. The number of amides is 2. The minimum absolute atomic E-state index is 0.262. The quantitative estimate of drug-likeness (QED) is 0.673. The van der Waals surface area contributed by atoms with Crippen molar-refractivity contribution in [1.29, 1.82) is 0 Å². The summed E-state index contributed by atoms with van der Waals surface area (Å²) in [6.45, 7) is 6.58. The third kappa shape index (κ3) is 5.07. The molecule has 0 fully saturated rings. The maximum atomic E-state index is 13.9. The van der Waals surface area contributed by atoms with Gasteiger partial charge in [0.05, 0.1) is 25.7 Å². The number of anilines is 1. The van der Waals surface area contributed by atoms with Crippen LogP contribution in [0.25, 0.3) is 0 Å². The van der Waals surface area contributed by atoms with Gasteiger partial charge < -0.3 is 24.8 Å². The first-order chi connectivity index (χ1) is 14.8. The molecule has 31 heavy (non-hydrogen) atoms. The van der Waals surface area contributed by atoms with E-state index in [9.17, 15) is 19.1 Å². The SMILES string of the molecule is CCOc1cc2c(cc1OCC)[C@H](CC(=O)O)N(C(=O)Nc1ccc(C)c(F)c1)CC2. The highest BCUT2D eigenvalue weighted by atomic mass is 19.1. The van der Waals surface area contributed by atoms with Crippen LogP contribution in [0.3, 0.4) is 0 Å². The van der Waals surface area contributed by atoms with Crippen molar-refractivity contribution < 1.29 is 28.6 Å². The number of urea groups is 1. The van der Waals surface area contributed by atoms with Gasteiger partial charge in [0.2, 0.25) is 0 Å². The zero-order chi connectivity index (χ0) is 22.5. The van der Waals surface area contributed by atoms with Gasteiger partial charge in [-0.05, 0) is 68.1 Å². The number of aliphatic carboxylic acids is 1. The van der Waals surface area contributed by atoms with Gasteiger partial charge in [0.15, 0.2) is 11.5 Å². The Kier molecular flexibility index (Phi) is 6.99. The van der Waals surface area contributed by atoms with E-state index in [1.807, 2.05) is 19.9 Å². The van der Waals surface area contributed by atoms with Crippen LogP contribution >= 0.6 is 0 Å². The summed E-state index contributed by atoms with van der Waals surface area (Å²) < 4.78 is 25.2. The van der Waals surface area contributed by atoms with E-state index in [1.165, 1.54) is 11.0 Å². The number of aryl methyl sites for hydroxylation is 1. The van der Waals surface area contributed by atoms with Crippen molar-refractivity contribution >= 4 is 17.7 Å². The molecule has 3 rings (SSSR count). The second kappa shape index (κ2) is 9.68. The molecule has 2 aromatic carbocycles. The lowest BCUT2D eigenvalue weighted by Crippen LogP contribution is -2.43. The van der Waals surface area contributed by atoms with Crippen molar-refractivity contribution in [2.75, 3.05) is 25.1 Å². The fourth-order valence-corrected chi connectivity index (χ4v) is 3.74. The van der Waals surface area contributed by atoms with Gasteiger partial charge in [-0.2, -0.15) is 0 Å². The molecule has 1 heterocycles. The number of rotatable bonds is 7. The van der Waals surface area contributed by atoms with Gasteiger partial charge in [-0.25, -0.2) is 9.18 Å². The molecule has 0 saturated heterocycles. The molecule has 0 unspecified atom stereocenters. The molecule has 1 atom stereocenters. The van der Waals surface area contributed by atoms with Gasteiger partial charge in [0.25, 0.3) is 0 Å². The highest BCUT2D eigenvalue weighted by molar-refractivity contribution is 5.90. The molecular weight excluding hydrogens is 403 g/mol. The van der Waals surface area contributed by atoms with Crippen molar-refractivity contribution in [3.63, 3.8) is 0 Å². The summed E-state index contributed by atoms with van der Waals surface area (Å²) in [4.78, 5) is 26.1. The van der Waals surface area contributed by atoms with Crippen LogP contribution in [0.2, 0.25) is 0 Å². The number of carbonyl (C=O) groups excluding carboxylic acids is 1. The summed E-state index contributed by atoms with van der Waals surface area (Å²) in [6, 6.07) is 6.90. The summed E-state index contributed by atoms with van der Waals surface area (Å²) in [5.41, 5.74) is 2.42. The number of hydrogen-bond acceptors (Lipinski definition) is 4. The maximum absolute atomic E-state index is 13.9. The van der Waals surface area contributed by atoms with Crippen LogP contribution in [0.15, 0.2) is 30.3 Å². The second-order valence-corrected chi connectivity index (χ2v) is 7.31. The molecule has 2 amide bonds. The third-order valence-corrected chi connectivity index (χ3v) is 5.21. The van der Waals surface area contributed by atoms with E-state index in [0.29, 0.717) is 54.5 Å². The van der Waals surface area contributed by atoms with Crippen LogP contribution in [0, 0.1) is 12.7 Å². The Morgan fingerprint density at radius 1 is 1.16 bits per heavy atom. The van der Waals surface area contributed by atoms with Crippen molar-refractivity contribution in [3.8, 4) is 11.5 Å². The van der Waals surface area contributed by atoms with Crippen LogP contribution in [0.5, 0.6) is 11.5 Å². The largest absolute Gasteiger partial charge is 0.490 e. The Bertz CT molecular complexity index is 979. The van der Waals surface area contributed by atoms with Crippen LogP contribution in [-0.4, -0.2) is 41.8 Å². The van der Waals surface area contributed by atoms with E-state index >= 15 is 0 Å². The normalized spacial score (nSPS) is 15.2. The summed E-state index contributed by atoms with van der Waals surface area (Å²) in [7, 11) is 0. The number of nitrogens with zero attached hydrogens (tertiary/aromatic N) is 1. The van der Waals surface area contributed by atoms with Gasteiger partial charge in [-0.3, -0.25) is 4.79 Å². The average molecular weight is 430 g/mol. The Hall–Kier alpha value is -3.29. The number of carboxylic acid groups (broad SMARTS) is 1. The molecule has 0 aliphatic carbocycles. The standard InChI is InChI=1S/C23H27FN2O5/c1-4-30-20-10-15-8-9-26(23(29)25-16-7-6-14(3)18(24)11-16)19(13-22(27)28)17(15)12-21(20)31-5-2/h6-7,10-12,19H,4-5,8-9,13H2,1-3H3,(H,25,29)(H,27,28)/t19-/m0/s1. The van der Waals surface area contributed by atoms with Crippen molar-refractivity contribution in [2.24, 2.45) is 0 Å². The van der Waals surface area contributed by atoms with Gasteiger partial charge in [0.1, 0.15) is 5.82 Å². The summed E-state index contributed by atoms with van der Waals surface area (Å²) in [5, 5.41) is 12.2. The molecule has 1 aliphatic rings. The molecule has 1 aliphatic heterocycles. The number of benzene rings is 2. The minimum atomic E-state index is -1.02. The van der Waals surface area contributed by atoms with E-state index in [0.717, 1.165) is 5.56 Å². The molecular formula is C23H27FN2O5. The first-order valence-electron chi connectivity index (χ1n) is 10.3. The molecule has 0 aromatic heterocycles. The van der Waals surface area contributed by atoms with Gasteiger partial charge >= 0.3 is 12.0 Å². The molecule has 0 radical (unpaired) electrons. The zero-order valence-electron chi connectivity index (χ0n) is 17.9. The smallest absolute Gasteiger partial charge is 0.322 e. The van der Waals surface area contributed by atoms with Crippen molar-refractivity contribution in [1.82, 2.24) is 4.90 Å². The summed E-state index contributed by atoms with van der Waals surface area (Å²) >= 11 is 0. The Balaban J connectivity index is 1.94. The topological polar surface area (TPSA) is 88.1 Å². The Labute approximate surface area is 180 Å². The van der Waals surface area contributed by atoms with Crippen LogP contribution < -0.4 is 14.8 Å². The van der Waals surface area contributed by atoms with E-state index < -0.39 is 23.9 Å². The van der Waals surface area contributed by atoms with Crippen LogP contribution in [0.1, 0.15) is 43.0 Å². The number of nitrogens with one attached hydrogen (secondary N) is 1. The van der Waals surface area contributed by atoms with E-state index in [2.05, 4.69) is 5.32 Å². The van der Waals surface area contributed by atoms with Crippen molar-refractivity contribution in [2.45, 2.75) is 39.7 Å². The van der Waals surface area contributed by atoms with E-state index in [4.69, 9.17) is 9.47 Å². The number of hydrogen-bond donors (Lipinski definition) is 2. The molecule has 8 heteroatoms. The fraction of sp³-hybridized carbons (Fsp3) is 0.391. The number of carbonyl (C=O) groups is 2. The van der Waals surface area contributed by atoms with E-state index in [1.54, 1.807) is 25.1 Å². The first-order valence-corrected chi connectivity index (χ1v) is 10.3. The molecule has 0 saturated carbocycles. The fourth-order valence-electron chi connectivity index (χ4n) is 3.74. The van der Waals surface area contributed by atoms with Crippen LogP contribution in [-0.2, 0) is 11.2 Å². The lowest BCUT2D eigenvalue weighted by molar-refractivity contribution is -0.138. The monoisotopic (exact) mass is 430 g/mol. The maximum Gasteiger partial charge on any atom is 0.322 e. The van der Waals surface area contributed by atoms with Crippen molar-refractivity contribution in [3.05, 3.63) is 52.8 Å².